The molecule has 218 valence electrons. The van der Waals surface area contributed by atoms with E-state index >= 15 is 0 Å². The molecule has 1 heteroatoms. The molecule has 0 aliphatic rings. The van der Waals surface area contributed by atoms with Gasteiger partial charge in [-0.05, 0) is 102 Å². The van der Waals surface area contributed by atoms with E-state index in [9.17, 15) is 0 Å². The van der Waals surface area contributed by atoms with E-state index in [0.717, 1.165) is 0 Å². The molecule has 0 fully saturated rings. The Labute approximate surface area is 272 Å². The van der Waals surface area contributed by atoms with E-state index in [-0.39, 0.29) is 0 Å². The third-order valence-corrected chi connectivity index (χ3v) is 9.93. The van der Waals surface area contributed by atoms with Gasteiger partial charge in [0.1, 0.15) is 0 Å². The molecule has 0 bridgehead atoms. The van der Waals surface area contributed by atoms with Crippen LogP contribution in [-0.2, 0) is 0 Å². The minimum Gasteiger partial charge on any atom is -0.309 e. The summed E-state index contributed by atoms with van der Waals surface area (Å²) in [6.07, 6.45) is 0. The SMILES string of the molecule is c1ccc(-n2c3ccc4ccccc4c3c3c4ccccc4c(-c4cccc(-c5cc6ccccc6c6ccccc56)c4)cc32)cc1. The normalized spacial score (nSPS) is 11.8. The van der Waals surface area contributed by atoms with Gasteiger partial charge in [0.25, 0.3) is 0 Å². The third kappa shape index (κ3) is 3.90. The summed E-state index contributed by atoms with van der Waals surface area (Å²) in [6.45, 7) is 0. The standard InChI is InChI=1S/C46H29N/c1-2-17-34(18-3-1)47-43-26-25-30-13-4-7-20-36(30)45(43)46-40-24-11-10-23-39(40)42(29-44(46)47)32-16-12-15-31(27-32)41-28-33-14-5-6-19-35(33)37-21-8-9-22-38(37)41/h1-29H. The molecule has 0 aliphatic heterocycles. The Morgan fingerprint density at radius 1 is 0.298 bits per heavy atom. The number of fused-ring (bicyclic) bond motifs is 10. The van der Waals surface area contributed by atoms with Gasteiger partial charge in [-0.25, -0.2) is 0 Å². The maximum absolute atomic E-state index is 2.45. The summed E-state index contributed by atoms with van der Waals surface area (Å²) in [5.41, 5.74) is 8.55. The summed E-state index contributed by atoms with van der Waals surface area (Å²) in [5, 5.41) is 12.8. The van der Waals surface area contributed by atoms with Crippen molar-refractivity contribution in [1.82, 2.24) is 4.57 Å². The predicted octanol–water partition coefficient (Wildman–Crippen LogP) is 12.7. The fourth-order valence-corrected chi connectivity index (χ4v) is 7.88. The van der Waals surface area contributed by atoms with Gasteiger partial charge in [0.2, 0.25) is 0 Å². The highest BCUT2D eigenvalue weighted by molar-refractivity contribution is 6.30. The molecule has 0 aliphatic carbocycles. The molecule has 0 saturated carbocycles. The van der Waals surface area contributed by atoms with Gasteiger partial charge in [-0.15, -0.1) is 0 Å². The Hall–Kier alpha value is -6.18. The van der Waals surface area contributed by atoms with Gasteiger partial charge in [0, 0.05) is 16.5 Å². The Kier molecular flexibility index (Phi) is 5.64. The molecule has 0 amide bonds. The molecule has 1 heterocycles. The van der Waals surface area contributed by atoms with Crippen molar-refractivity contribution >= 4 is 64.9 Å². The first-order chi connectivity index (χ1) is 23.3. The van der Waals surface area contributed by atoms with Gasteiger partial charge in [-0.3, -0.25) is 0 Å². The van der Waals surface area contributed by atoms with E-state index in [2.05, 4.69) is 180 Å². The van der Waals surface area contributed by atoms with Crippen LogP contribution in [0.5, 0.6) is 0 Å². The van der Waals surface area contributed by atoms with Gasteiger partial charge in [0.05, 0.1) is 11.0 Å². The minimum absolute atomic E-state index is 1.17. The number of para-hydroxylation sites is 1. The minimum atomic E-state index is 1.17. The molecule has 1 nitrogen and oxygen atoms in total. The zero-order chi connectivity index (χ0) is 30.9. The Bertz CT molecular complexity index is 2840. The van der Waals surface area contributed by atoms with Crippen LogP contribution in [0.15, 0.2) is 176 Å². The van der Waals surface area contributed by atoms with Crippen LogP contribution in [0.1, 0.15) is 0 Å². The van der Waals surface area contributed by atoms with Gasteiger partial charge in [-0.2, -0.15) is 0 Å². The second kappa shape index (κ2) is 10.2. The topological polar surface area (TPSA) is 4.93 Å². The molecule has 0 radical (unpaired) electrons. The van der Waals surface area contributed by atoms with Gasteiger partial charge >= 0.3 is 0 Å². The largest absolute Gasteiger partial charge is 0.309 e. The van der Waals surface area contributed by atoms with Crippen LogP contribution in [0.25, 0.3) is 92.8 Å². The number of aromatic nitrogens is 1. The quantitative estimate of drug-likeness (QED) is 0.179. The Morgan fingerprint density at radius 3 is 1.62 bits per heavy atom. The second-order valence-corrected chi connectivity index (χ2v) is 12.5. The highest BCUT2D eigenvalue weighted by Crippen LogP contribution is 2.44. The molecule has 0 atom stereocenters. The molecule has 0 unspecified atom stereocenters. The summed E-state index contributed by atoms with van der Waals surface area (Å²) in [5.74, 6) is 0. The van der Waals surface area contributed by atoms with Crippen molar-refractivity contribution in [1.29, 1.82) is 0 Å². The first-order valence-corrected chi connectivity index (χ1v) is 16.3. The first kappa shape index (κ1) is 26.1. The summed E-state index contributed by atoms with van der Waals surface area (Å²) >= 11 is 0. The van der Waals surface area contributed by atoms with Crippen LogP contribution < -0.4 is 0 Å². The van der Waals surface area contributed by atoms with Gasteiger partial charge in [-0.1, -0.05) is 140 Å². The molecule has 10 rings (SSSR count). The van der Waals surface area contributed by atoms with E-state index in [1.807, 2.05) is 0 Å². The van der Waals surface area contributed by atoms with Crippen LogP contribution in [-0.4, -0.2) is 4.57 Å². The molecule has 47 heavy (non-hydrogen) atoms. The molecule has 10 aromatic rings. The lowest BCUT2D eigenvalue weighted by Gasteiger charge is -2.14. The van der Waals surface area contributed by atoms with Crippen LogP contribution >= 0.6 is 0 Å². The molecule has 1 aromatic heterocycles. The second-order valence-electron chi connectivity index (χ2n) is 12.5. The lowest BCUT2D eigenvalue weighted by Crippen LogP contribution is -1.94. The molecular formula is C46H29N. The lowest BCUT2D eigenvalue weighted by atomic mass is 9.90. The summed E-state index contributed by atoms with van der Waals surface area (Å²) in [6, 6.07) is 64.5. The fourth-order valence-electron chi connectivity index (χ4n) is 7.88. The number of rotatable bonds is 3. The van der Waals surface area contributed by atoms with Crippen LogP contribution in [0, 0.1) is 0 Å². The van der Waals surface area contributed by atoms with Crippen molar-refractivity contribution in [2.75, 3.05) is 0 Å². The maximum atomic E-state index is 2.45. The highest BCUT2D eigenvalue weighted by Gasteiger charge is 2.20. The average molecular weight is 596 g/mol. The van der Waals surface area contributed by atoms with Gasteiger partial charge < -0.3 is 4.57 Å². The van der Waals surface area contributed by atoms with Crippen LogP contribution in [0.2, 0.25) is 0 Å². The van der Waals surface area contributed by atoms with Crippen molar-refractivity contribution in [3.8, 4) is 27.9 Å². The molecule has 9 aromatic carbocycles. The average Bonchev–Trinajstić information content (AvgIpc) is 3.49. The summed E-state index contributed by atoms with van der Waals surface area (Å²) in [4.78, 5) is 0. The van der Waals surface area contributed by atoms with Crippen LogP contribution in [0.3, 0.4) is 0 Å². The monoisotopic (exact) mass is 595 g/mol. The zero-order valence-electron chi connectivity index (χ0n) is 25.7. The summed E-state index contributed by atoms with van der Waals surface area (Å²) < 4.78 is 2.45. The lowest BCUT2D eigenvalue weighted by molar-refractivity contribution is 1.18. The molecule has 0 spiro atoms. The third-order valence-electron chi connectivity index (χ3n) is 9.93. The molecule has 0 N–H and O–H groups in total. The van der Waals surface area contributed by atoms with Crippen molar-refractivity contribution < 1.29 is 0 Å². The predicted molar refractivity (Wildman–Crippen MR) is 202 cm³/mol. The van der Waals surface area contributed by atoms with E-state index in [0.29, 0.717) is 0 Å². The Balaban J connectivity index is 1.30. The number of hydrogen-bond donors (Lipinski definition) is 0. The van der Waals surface area contributed by atoms with Crippen molar-refractivity contribution in [3.05, 3.63) is 176 Å². The van der Waals surface area contributed by atoms with Gasteiger partial charge in [0.15, 0.2) is 0 Å². The molecule has 0 saturated heterocycles. The first-order valence-electron chi connectivity index (χ1n) is 16.3. The molecular weight excluding hydrogens is 567 g/mol. The number of benzene rings is 9. The number of hydrogen-bond acceptors (Lipinski definition) is 0. The summed E-state index contributed by atoms with van der Waals surface area (Å²) in [7, 11) is 0. The smallest absolute Gasteiger partial charge is 0.0553 e. The zero-order valence-corrected chi connectivity index (χ0v) is 25.7. The fraction of sp³-hybridized carbons (Fsp3) is 0. The van der Waals surface area contributed by atoms with E-state index in [1.54, 1.807) is 0 Å². The van der Waals surface area contributed by atoms with Crippen LogP contribution in [0.4, 0.5) is 0 Å². The van der Waals surface area contributed by atoms with Crippen molar-refractivity contribution in [2.24, 2.45) is 0 Å². The van der Waals surface area contributed by atoms with E-state index in [1.165, 1.54) is 92.8 Å². The van der Waals surface area contributed by atoms with Crippen molar-refractivity contribution in [2.45, 2.75) is 0 Å². The Morgan fingerprint density at radius 2 is 0.851 bits per heavy atom. The maximum Gasteiger partial charge on any atom is 0.0553 e. The van der Waals surface area contributed by atoms with E-state index < -0.39 is 0 Å². The number of nitrogens with zero attached hydrogens (tertiary/aromatic N) is 1. The van der Waals surface area contributed by atoms with Crippen molar-refractivity contribution in [3.63, 3.8) is 0 Å². The van der Waals surface area contributed by atoms with E-state index in [4.69, 9.17) is 0 Å². The highest BCUT2D eigenvalue weighted by atomic mass is 15.0.